The summed E-state index contributed by atoms with van der Waals surface area (Å²) in [4.78, 5) is 38.1. The van der Waals surface area contributed by atoms with Crippen molar-refractivity contribution in [2.75, 3.05) is 11.1 Å². The quantitative estimate of drug-likeness (QED) is 0.324. The molecule has 1 heterocycles. The third-order valence-electron chi connectivity index (χ3n) is 6.46. The predicted octanol–water partition coefficient (Wildman–Crippen LogP) is 4.46. The molecule has 1 saturated carbocycles. The van der Waals surface area contributed by atoms with Gasteiger partial charge in [0.2, 0.25) is 11.3 Å². The molecule has 4 rings (SSSR count). The fraction of sp³-hybridized carbons (Fsp3) is 0.370. The highest BCUT2D eigenvalue weighted by Gasteiger charge is 2.21. The summed E-state index contributed by atoms with van der Waals surface area (Å²) in [7, 11) is 0. The van der Waals surface area contributed by atoms with Gasteiger partial charge in [-0.3, -0.25) is 14.4 Å². The second-order valence-corrected chi connectivity index (χ2v) is 8.98. The molecule has 3 aromatic rings. The molecule has 2 aromatic carbocycles. The molecule has 7 nitrogen and oxygen atoms in total. The summed E-state index contributed by atoms with van der Waals surface area (Å²) < 4.78 is 1.99. The lowest BCUT2D eigenvalue weighted by atomic mass is 10.1. The first-order valence-electron chi connectivity index (χ1n) is 12.1. The van der Waals surface area contributed by atoms with Gasteiger partial charge in [-0.05, 0) is 49.9 Å². The summed E-state index contributed by atoms with van der Waals surface area (Å²) in [6.45, 7) is 0.664. The summed E-state index contributed by atoms with van der Waals surface area (Å²) in [5, 5.41) is 6.44. The van der Waals surface area contributed by atoms with Crippen LogP contribution in [0.15, 0.2) is 59.5 Å². The molecular formula is C27H32N4O3. The maximum atomic E-state index is 13.0. The van der Waals surface area contributed by atoms with Crippen LogP contribution in [-0.2, 0) is 11.3 Å². The summed E-state index contributed by atoms with van der Waals surface area (Å²) in [6, 6.07) is 14.8. The molecule has 0 spiro atoms. The van der Waals surface area contributed by atoms with Gasteiger partial charge in [0.1, 0.15) is 5.56 Å². The van der Waals surface area contributed by atoms with E-state index >= 15 is 0 Å². The van der Waals surface area contributed by atoms with Crippen LogP contribution in [0, 0.1) is 0 Å². The molecular weight excluding hydrogens is 428 g/mol. The molecule has 178 valence electrons. The molecule has 34 heavy (non-hydrogen) atoms. The van der Waals surface area contributed by atoms with E-state index in [1.807, 2.05) is 34.9 Å². The Bertz CT molecular complexity index is 1230. The summed E-state index contributed by atoms with van der Waals surface area (Å²) in [6.07, 6.45) is 8.70. The molecule has 1 fully saturated rings. The number of nitrogens with zero attached hydrogens (tertiary/aromatic N) is 1. The molecule has 1 aromatic heterocycles. The minimum atomic E-state index is -0.284. The zero-order chi connectivity index (χ0) is 23.9. The van der Waals surface area contributed by atoms with Crippen molar-refractivity contribution < 1.29 is 9.59 Å². The molecule has 0 bridgehead atoms. The lowest BCUT2D eigenvalue weighted by molar-refractivity contribution is -0.116. The molecule has 0 atom stereocenters. The minimum Gasteiger partial charge on any atom is -0.397 e. The molecule has 0 saturated heterocycles. The smallest absolute Gasteiger partial charge is 0.256 e. The van der Waals surface area contributed by atoms with Gasteiger partial charge in [-0.25, -0.2) is 0 Å². The van der Waals surface area contributed by atoms with Gasteiger partial charge in [-0.1, -0.05) is 43.5 Å². The number of rotatable bonds is 9. The van der Waals surface area contributed by atoms with Crippen LogP contribution in [-0.4, -0.2) is 22.4 Å². The number of nitrogens with two attached hydrogens (primary N) is 1. The first-order valence-corrected chi connectivity index (χ1v) is 12.1. The monoisotopic (exact) mass is 460 g/mol. The number of carbonyl (C=O) groups is 2. The highest BCUT2D eigenvalue weighted by molar-refractivity contribution is 5.97. The van der Waals surface area contributed by atoms with E-state index in [2.05, 4.69) is 10.6 Å². The van der Waals surface area contributed by atoms with Crippen molar-refractivity contribution in [3.05, 3.63) is 70.5 Å². The first kappa shape index (κ1) is 23.5. The van der Waals surface area contributed by atoms with E-state index < -0.39 is 0 Å². The van der Waals surface area contributed by atoms with Gasteiger partial charge in [0.15, 0.2) is 0 Å². The number of carbonyl (C=O) groups excluding carboxylic acids is 2. The SMILES string of the molecule is Nc1ccccc1NC(=O)CCCCCn1cc(C(=O)NC2CCCC2)c(=O)c2ccccc21. The molecule has 0 radical (unpaired) electrons. The van der Waals surface area contributed by atoms with Crippen LogP contribution in [0.2, 0.25) is 0 Å². The number of benzene rings is 2. The van der Waals surface area contributed by atoms with Crippen molar-refractivity contribution in [3.8, 4) is 0 Å². The number of fused-ring (bicyclic) bond motifs is 1. The number of anilines is 2. The van der Waals surface area contributed by atoms with Gasteiger partial charge in [-0.2, -0.15) is 0 Å². The van der Waals surface area contributed by atoms with Crippen molar-refractivity contribution in [2.24, 2.45) is 0 Å². The molecule has 4 N–H and O–H groups in total. The Hall–Kier alpha value is -3.61. The second kappa shape index (κ2) is 11.0. The first-order chi connectivity index (χ1) is 16.5. The van der Waals surface area contributed by atoms with Crippen molar-refractivity contribution in [2.45, 2.75) is 64.0 Å². The number of aryl methyl sites for hydroxylation is 1. The summed E-state index contributed by atoms with van der Waals surface area (Å²) in [5.41, 5.74) is 7.86. The van der Waals surface area contributed by atoms with Crippen LogP contribution in [0.1, 0.15) is 61.7 Å². The van der Waals surface area contributed by atoms with Gasteiger partial charge in [0.25, 0.3) is 5.91 Å². The number of amides is 2. The Labute approximate surface area is 199 Å². The van der Waals surface area contributed by atoms with E-state index in [9.17, 15) is 14.4 Å². The third kappa shape index (κ3) is 5.65. The lowest BCUT2D eigenvalue weighted by Crippen LogP contribution is -2.36. The van der Waals surface area contributed by atoms with Crippen molar-refractivity contribution in [3.63, 3.8) is 0 Å². The van der Waals surface area contributed by atoms with Crippen LogP contribution in [0.4, 0.5) is 11.4 Å². The van der Waals surface area contributed by atoms with E-state index in [1.54, 1.807) is 24.4 Å². The summed E-state index contributed by atoms with van der Waals surface area (Å²) >= 11 is 0. The average molecular weight is 461 g/mol. The lowest BCUT2D eigenvalue weighted by Gasteiger charge is -2.15. The van der Waals surface area contributed by atoms with Gasteiger partial charge in [0.05, 0.1) is 16.9 Å². The number of hydrogen-bond donors (Lipinski definition) is 3. The third-order valence-corrected chi connectivity index (χ3v) is 6.46. The van der Waals surface area contributed by atoms with Gasteiger partial charge < -0.3 is 20.9 Å². The van der Waals surface area contributed by atoms with Crippen molar-refractivity contribution >= 4 is 34.1 Å². The maximum Gasteiger partial charge on any atom is 0.256 e. The molecule has 7 heteroatoms. The number of nitrogen functional groups attached to an aromatic ring is 1. The van der Waals surface area contributed by atoms with Gasteiger partial charge in [0, 0.05) is 30.6 Å². The molecule has 1 aliphatic rings. The number of aromatic nitrogens is 1. The van der Waals surface area contributed by atoms with Crippen LogP contribution in [0.25, 0.3) is 10.9 Å². The summed E-state index contributed by atoms with van der Waals surface area (Å²) in [5.74, 6) is -0.342. The number of pyridine rings is 1. The highest BCUT2D eigenvalue weighted by Crippen LogP contribution is 2.19. The molecule has 0 unspecified atom stereocenters. The molecule has 1 aliphatic carbocycles. The Morgan fingerprint density at radius 3 is 2.50 bits per heavy atom. The van der Waals surface area contributed by atoms with Gasteiger partial charge in [-0.15, -0.1) is 0 Å². The van der Waals surface area contributed by atoms with Crippen LogP contribution in [0.3, 0.4) is 0 Å². The minimum absolute atomic E-state index is 0.0578. The zero-order valence-electron chi connectivity index (χ0n) is 19.4. The Morgan fingerprint density at radius 2 is 1.71 bits per heavy atom. The molecule has 0 aliphatic heterocycles. The Morgan fingerprint density at radius 1 is 0.971 bits per heavy atom. The standard InChI is InChI=1S/C27H32N4O3/c28-22-13-6-7-14-23(22)30-25(32)16-2-1-9-17-31-18-21(27(34)29-19-10-3-4-11-19)26(33)20-12-5-8-15-24(20)31/h5-8,12-15,18-19H,1-4,9-11,16-17,28H2,(H,29,34)(H,30,32). The van der Waals surface area contributed by atoms with E-state index in [1.165, 1.54) is 0 Å². The van der Waals surface area contributed by atoms with Crippen LogP contribution in [0.5, 0.6) is 0 Å². The Balaban J connectivity index is 1.37. The number of hydrogen-bond acceptors (Lipinski definition) is 4. The van der Waals surface area contributed by atoms with Crippen molar-refractivity contribution in [1.82, 2.24) is 9.88 Å². The van der Waals surface area contributed by atoms with Crippen LogP contribution >= 0.6 is 0 Å². The number of unbranched alkanes of at least 4 members (excludes halogenated alkanes) is 2. The van der Waals surface area contributed by atoms with E-state index in [-0.39, 0.29) is 28.8 Å². The predicted molar refractivity (Wildman–Crippen MR) is 136 cm³/mol. The fourth-order valence-corrected chi connectivity index (χ4v) is 4.59. The maximum absolute atomic E-state index is 13.0. The van der Waals surface area contributed by atoms with E-state index in [0.29, 0.717) is 29.7 Å². The topological polar surface area (TPSA) is 106 Å². The second-order valence-electron chi connectivity index (χ2n) is 8.98. The normalized spacial score (nSPS) is 13.8. The largest absolute Gasteiger partial charge is 0.397 e. The number of nitrogens with one attached hydrogen (secondary N) is 2. The van der Waals surface area contributed by atoms with E-state index in [0.717, 1.165) is 50.5 Å². The van der Waals surface area contributed by atoms with E-state index in [4.69, 9.17) is 5.73 Å². The molecule has 2 amide bonds. The average Bonchev–Trinajstić information content (AvgIpc) is 3.35. The highest BCUT2D eigenvalue weighted by atomic mass is 16.2. The fourth-order valence-electron chi connectivity index (χ4n) is 4.59. The number of para-hydroxylation sites is 3. The van der Waals surface area contributed by atoms with Gasteiger partial charge >= 0.3 is 0 Å². The van der Waals surface area contributed by atoms with Crippen molar-refractivity contribution in [1.29, 1.82) is 0 Å². The Kier molecular flexibility index (Phi) is 7.62. The van der Waals surface area contributed by atoms with Crippen LogP contribution < -0.4 is 21.8 Å². The zero-order valence-corrected chi connectivity index (χ0v) is 19.4.